The summed E-state index contributed by atoms with van der Waals surface area (Å²) < 4.78 is 5.07. The van der Waals surface area contributed by atoms with Crippen molar-refractivity contribution >= 4 is 35.1 Å². The van der Waals surface area contributed by atoms with Crippen molar-refractivity contribution in [3.8, 4) is 0 Å². The molecule has 0 amide bonds. The molecule has 0 bridgehead atoms. The first-order chi connectivity index (χ1) is 12.1. The number of ether oxygens (including phenoxy) is 1. The van der Waals surface area contributed by atoms with Crippen molar-refractivity contribution in [2.75, 3.05) is 47.7 Å². The number of hydrogen-bond donors (Lipinski definition) is 0. The Bertz CT molecular complexity index is 645. The highest BCUT2D eigenvalue weighted by molar-refractivity contribution is 7.99. The van der Waals surface area contributed by atoms with Gasteiger partial charge in [0.05, 0.1) is 23.3 Å². The van der Waals surface area contributed by atoms with E-state index in [1.807, 2.05) is 9.80 Å². The van der Waals surface area contributed by atoms with Gasteiger partial charge in [0.15, 0.2) is 0 Å². The second-order valence-corrected chi connectivity index (χ2v) is 7.02. The first kappa shape index (κ1) is 17.7. The fraction of sp³-hybridized carbons (Fsp3) is 0.667. The summed E-state index contributed by atoms with van der Waals surface area (Å²) in [4.78, 5) is 35.3. The van der Waals surface area contributed by atoms with Crippen LogP contribution in [0.15, 0.2) is 6.33 Å². The average Bonchev–Trinajstić information content (AvgIpc) is 3.16. The number of piperidine rings is 1. The molecule has 2 fully saturated rings. The third-order valence-electron chi connectivity index (χ3n) is 4.43. The number of carbonyl (C=O) groups excluding carboxylic acids is 1. The maximum Gasteiger partial charge on any atom is 0.353 e. The average molecular weight is 367 g/mol. The Hall–Kier alpha value is -2.10. The van der Waals surface area contributed by atoms with Crippen molar-refractivity contribution in [3.63, 3.8) is 0 Å². The van der Waals surface area contributed by atoms with E-state index < -0.39 is 4.92 Å². The molecule has 0 spiro atoms. The Morgan fingerprint density at radius 1 is 1.32 bits per heavy atom. The number of aromatic nitrogens is 2. The van der Waals surface area contributed by atoms with Gasteiger partial charge in [-0.15, -0.1) is 11.8 Å². The summed E-state index contributed by atoms with van der Waals surface area (Å²) in [6.45, 7) is 3.97. The van der Waals surface area contributed by atoms with Crippen molar-refractivity contribution in [2.45, 2.75) is 19.8 Å². The Kier molecular flexibility index (Phi) is 5.57. The molecule has 0 atom stereocenters. The van der Waals surface area contributed by atoms with E-state index in [-0.39, 0.29) is 17.6 Å². The first-order valence-electron chi connectivity index (χ1n) is 8.35. The molecule has 0 unspecified atom stereocenters. The molecule has 25 heavy (non-hydrogen) atoms. The summed E-state index contributed by atoms with van der Waals surface area (Å²) in [6, 6.07) is 0. The predicted molar refractivity (Wildman–Crippen MR) is 94.9 cm³/mol. The van der Waals surface area contributed by atoms with Crippen LogP contribution in [0.4, 0.5) is 17.3 Å². The molecule has 1 aromatic heterocycles. The molecule has 0 radical (unpaired) electrons. The number of esters is 1. The first-order valence-corrected chi connectivity index (χ1v) is 9.51. The van der Waals surface area contributed by atoms with Gasteiger partial charge >= 0.3 is 11.7 Å². The van der Waals surface area contributed by atoms with Crippen LogP contribution in [-0.4, -0.2) is 58.7 Å². The lowest BCUT2D eigenvalue weighted by atomic mass is 9.97. The normalized spacial score (nSPS) is 18.4. The smallest absolute Gasteiger partial charge is 0.353 e. The maximum absolute atomic E-state index is 11.9. The van der Waals surface area contributed by atoms with Crippen LogP contribution >= 0.6 is 11.8 Å². The van der Waals surface area contributed by atoms with Crippen LogP contribution in [0.25, 0.3) is 0 Å². The lowest BCUT2D eigenvalue weighted by Crippen LogP contribution is -2.38. The van der Waals surface area contributed by atoms with E-state index in [0.717, 1.165) is 12.3 Å². The second kappa shape index (κ2) is 7.85. The van der Waals surface area contributed by atoms with Crippen LogP contribution in [0.1, 0.15) is 19.8 Å². The third-order valence-corrected chi connectivity index (χ3v) is 5.40. The molecule has 3 rings (SSSR count). The summed E-state index contributed by atoms with van der Waals surface area (Å²) in [5, 5.41) is 11.7. The molecule has 9 nitrogen and oxygen atoms in total. The van der Waals surface area contributed by atoms with Gasteiger partial charge in [-0.1, -0.05) is 0 Å². The van der Waals surface area contributed by atoms with E-state index in [9.17, 15) is 14.9 Å². The van der Waals surface area contributed by atoms with E-state index in [1.165, 1.54) is 6.33 Å². The molecule has 136 valence electrons. The molecule has 0 saturated carbocycles. The lowest BCUT2D eigenvalue weighted by Gasteiger charge is -2.31. The van der Waals surface area contributed by atoms with Gasteiger partial charge in [-0.05, 0) is 19.8 Å². The van der Waals surface area contributed by atoms with E-state index in [1.54, 1.807) is 18.7 Å². The molecule has 2 saturated heterocycles. The van der Waals surface area contributed by atoms with Gasteiger partial charge in [-0.2, -0.15) is 0 Å². The molecule has 3 heterocycles. The Morgan fingerprint density at radius 3 is 2.56 bits per heavy atom. The van der Waals surface area contributed by atoms with E-state index in [0.29, 0.717) is 50.1 Å². The van der Waals surface area contributed by atoms with Crippen LogP contribution in [-0.2, 0) is 9.53 Å². The number of carbonyl (C=O) groups is 1. The molecule has 2 aliphatic heterocycles. The molecule has 2 aliphatic rings. The van der Waals surface area contributed by atoms with Gasteiger partial charge in [-0.3, -0.25) is 14.9 Å². The second-order valence-electron chi connectivity index (χ2n) is 5.94. The number of rotatable bonds is 5. The van der Waals surface area contributed by atoms with Crippen LogP contribution in [0.3, 0.4) is 0 Å². The minimum Gasteiger partial charge on any atom is -0.466 e. The van der Waals surface area contributed by atoms with E-state index in [4.69, 9.17) is 4.74 Å². The molecule has 0 aromatic carbocycles. The highest BCUT2D eigenvalue weighted by Gasteiger charge is 2.34. The maximum atomic E-state index is 11.9. The monoisotopic (exact) mass is 367 g/mol. The van der Waals surface area contributed by atoms with Gasteiger partial charge in [0.25, 0.3) is 0 Å². The summed E-state index contributed by atoms with van der Waals surface area (Å²) in [5.74, 6) is 2.02. The Morgan fingerprint density at radius 2 is 2.00 bits per heavy atom. The van der Waals surface area contributed by atoms with Gasteiger partial charge in [0.2, 0.25) is 11.6 Å². The molecular weight excluding hydrogens is 346 g/mol. The van der Waals surface area contributed by atoms with Crippen LogP contribution < -0.4 is 9.80 Å². The number of nitrogens with zero attached hydrogens (tertiary/aromatic N) is 5. The minimum absolute atomic E-state index is 0.0421. The zero-order chi connectivity index (χ0) is 17.8. The fourth-order valence-corrected chi connectivity index (χ4v) is 4.11. The minimum atomic E-state index is -0.398. The molecular formula is C15H21N5O4S. The molecule has 0 aliphatic carbocycles. The fourth-order valence-electron chi connectivity index (χ4n) is 3.15. The third kappa shape index (κ3) is 3.78. The van der Waals surface area contributed by atoms with Gasteiger partial charge in [0, 0.05) is 25.4 Å². The topological polar surface area (TPSA) is 102 Å². The van der Waals surface area contributed by atoms with Crippen molar-refractivity contribution in [1.82, 2.24) is 9.97 Å². The standard InChI is InChI=1S/C15H21N5O4S/c1-2-24-15(21)11-3-5-18(6-4-11)13-12(20(22)23)14(17-9-16-13)19-7-8-25-10-19/h9,11H,2-8,10H2,1H3. The van der Waals surface area contributed by atoms with E-state index >= 15 is 0 Å². The zero-order valence-electron chi connectivity index (χ0n) is 14.1. The highest BCUT2D eigenvalue weighted by atomic mass is 32.2. The van der Waals surface area contributed by atoms with Gasteiger partial charge < -0.3 is 14.5 Å². The molecule has 0 N–H and O–H groups in total. The van der Waals surface area contributed by atoms with Crippen LogP contribution in [0, 0.1) is 16.0 Å². The zero-order valence-corrected chi connectivity index (χ0v) is 14.9. The Balaban J connectivity index is 1.80. The number of thioether (sulfide) groups is 1. The van der Waals surface area contributed by atoms with E-state index in [2.05, 4.69) is 9.97 Å². The predicted octanol–water partition coefficient (Wildman–Crippen LogP) is 1.68. The highest BCUT2D eigenvalue weighted by Crippen LogP contribution is 2.37. The van der Waals surface area contributed by atoms with Crippen LogP contribution in [0.2, 0.25) is 0 Å². The summed E-state index contributed by atoms with van der Waals surface area (Å²) >= 11 is 1.72. The lowest BCUT2D eigenvalue weighted by molar-refractivity contribution is -0.383. The largest absolute Gasteiger partial charge is 0.466 e. The Labute approximate surface area is 149 Å². The number of anilines is 2. The molecule has 1 aromatic rings. The van der Waals surface area contributed by atoms with Gasteiger partial charge in [0.1, 0.15) is 6.33 Å². The van der Waals surface area contributed by atoms with Crippen molar-refractivity contribution in [1.29, 1.82) is 0 Å². The quantitative estimate of drug-likeness (QED) is 0.437. The van der Waals surface area contributed by atoms with Crippen LogP contribution in [0.5, 0.6) is 0 Å². The number of hydrogen-bond acceptors (Lipinski definition) is 9. The summed E-state index contributed by atoms with van der Waals surface area (Å²) in [6.07, 6.45) is 2.60. The van der Waals surface area contributed by atoms with Crippen molar-refractivity contribution in [2.24, 2.45) is 5.92 Å². The van der Waals surface area contributed by atoms with Gasteiger partial charge in [-0.25, -0.2) is 9.97 Å². The summed E-state index contributed by atoms with van der Waals surface area (Å²) in [7, 11) is 0. The molecule has 10 heteroatoms. The summed E-state index contributed by atoms with van der Waals surface area (Å²) in [5.41, 5.74) is -0.0421. The number of nitro groups is 1. The SMILES string of the molecule is CCOC(=O)C1CCN(c2ncnc(N3CCSC3)c2[N+](=O)[O-])CC1. The van der Waals surface area contributed by atoms with Crippen molar-refractivity contribution < 1.29 is 14.5 Å². The van der Waals surface area contributed by atoms with Crippen molar-refractivity contribution in [3.05, 3.63) is 16.4 Å².